The lowest BCUT2D eigenvalue weighted by molar-refractivity contribution is 0.214. The van der Waals surface area contributed by atoms with Crippen LogP contribution in [0.2, 0.25) is 0 Å². The maximum Gasteiger partial charge on any atom is 0.335 e. The predicted octanol–water partition coefficient (Wildman–Crippen LogP) is 0.650. The summed E-state index contributed by atoms with van der Waals surface area (Å²) in [6, 6.07) is 0. The van der Waals surface area contributed by atoms with E-state index >= 15 is 0 Å². The molecule has 0 saturated carbocycles. The summed E-state index contributed by atoms with van der Waals surface area (Å²) in [4.78, 5) is 0. The molecule has 0 radical (unpaired) electrons. The largest absolute Gasteiger partial charge is 0.480 e. The SMILES string of the molecule is CC1=CS(=O)(=O)OC(O)=C1. The van der Waals surface area contributed by atoms with Crippen molar-refractivity contribution in [2.24, 2.45) is 0 Å². The van der Waals surface area contributed by atoms with Crippen molar-refractivity contribution in [3.8, 4) is 0 Å². The van der Waals surface area contributed by atoms with Gasteiger partial charge in [0.1, 0.15) is 0 Å². The minimum Gasteiger partial charge on any atom is -0.480 e. The van der Waals surface area contributed by atoms with E-state index in [2.05, 4.69) is 4.18 Å². The maximum absolute atomic E-state index is 10.6. The van der Waals surface area contributed by atoms with E-state index < -0.39 is 16.1 Å². The van der Waals surface area contributed by atoms with Gasteiger partial charge in [-0.15, -0.1) is 0 Å². The molecule has 0 aromatic carbocycles. The Bertz CT molecular complexity index is 296. The molecule has 0 aliphatic carbocycles. The van der Waals surface area contributed by atoms with Crippen LogP contribution < -0.4 is 0 Å². The number of hydrogen-bond acceptors (Lipinski definition) is 4. The number of aliphatic hydroxyl groups excluding tert-OH is 1. The van der Waals surface area contributed by atoms with E-state index in [1.807, 2.05) is 0 Å². The lowest BCUT2D eigenvalue weighted by atomic mass is 10.3. The Labute approximate surface area is 58.6 Å². The van der Waals surface area contributed by atoms with Crippen LogP contribution in [-0.4, -0.2) is 13.5 Å². The van der Waals surface area contributed by atoms with Crippen LogP contribution in [-0.2, 0) is 14.3 Å². The van der Waals surface area contributed by atoms with Gasteiger partial charge in [-0.2, -0.15) is 8.42 Å². The van der Waals surface area contributed by atoms with Gasteiger partial charge >= 0.3 is 10.1 Å². The van der Waals surface area contributed by atoms with Crippen molar-refractivity contribution in [2.75, 3.05) is 0 Å². The van der Waals surface area contributed by atoms with Crippen LogP contribution >= 0.6 is 0 Å². The third-order valence-electron chi connectivity index (χ3n) is 0.883. The zero-order valence-electron chi connectivity index (χ0n) is 5.23. The molecular weight excluding hydrogens is 156 g/mol. The molecule has 1 aliphatic heterocycles. The molecule has 10 heavy (non-hydrogen) atoms. The Balaban J connectivity index is 3.11. The van der Waals surface area contributed by atoms with Gasteiger partial charge in [-0.25, -0.2) is 0 Å². The highest BCUT2D eigenvalue weighted by atomic mass is 32.2. The van der Waals surface area contributed by atoms with Crippen molar-refractivity contribution in [1.82, 2.24) is 0 Å². The second-order valence-corrected chi connectivity index (χ2v) is 3.31. The topological polar surface area (TPSA) is 63.6 Å². The molecule has 0 atom stereocenters. The van der Waals surface area contributed by atoms with Crippen molar-refractivity contribution in [1.29, 1.82) is 0 Å². The highest BCUT2D eigenvalue weighted by Gasteiger charge is 2.15. The molecule has 0 aromatic heterocycles. The molecular formula is C5H6O4S. The minimum absolute atomic E-state index is 0.448. The second-order valence-electron chi connectivity index (χ2n) is 1.92. The standard InChI is InChI=1S/C5H6O4S/c1-4-2-5(6)9-10(7,8)3-4/h2-3,6H,1H3. The lowest BCUT2D eigenvalue weighted by Gasteiger charge is -2.06. The van der Waals surface area contributed by atoms with Crippen LogP contribution in [0.15, 0.2) is 23.0 Å². The molecule has 0 bridgehead atoms. The summed E-state index contributed by atoms with van der Waals surface area (Å²) in [6.07, 6.45) is 1.22. The summed E-state index contributed by atoms with van der Waals surface area (Å²) in [6.45, 7) is 1.55. The second kappa shape index (κ2) is 2.02. The highest BCUT2D eigenvalue weighted by Crippen LogP contribution is 2.14. The normalized spacial score (nSPS) is 22.5. The first-order valence-corrected chi connectivity index (χ1v) is 4.00. The Morgan fingerprint density at radius 2 is 2.20 bits per heavy atom. The van der Waals surface area contributed by atoms with Crippen LogP contribution in [0, 0.1) is 0 Å². The van der Waals surface area contributed by atoms with E-state index in [1.54, 1.807) is 6.92 Å². The van der Waals surface area contributed by atoms with Crippen LogP contribution in [0.1, 0.15) is 6.92 Å². The van der Waals surface area contributed by atoms with Crippen LogP contribution in [0.5, 0.6) is 0 Å². The number of rotatable bonds is 0. The van der Waals surface area contributed by atoms with Crippen molar-refractivity contribution < 1.29 is 17.7 Å². The summed E-state index contributed by atoms with van der Waals surface area (Å²) in [5, 5.41) is 9.57. The molecule has 0 spiro atoms. The molecule has 5 heteroatoms. The Hall–Kier alpha value is -0.970. The fourth-order valence-corrected chi connectivity index (χ4v) is 1.48. The lowest BCUT2D eigenvalue weighted by Crippen LogP contribution is -2.06. The number of aliphatic hydroxyl groups is 1. The smallest absolute Gasteiger partial charge is 0.335 e. The van der Waals surface area contributed by atoms with Crippen LogP contribution in [0.3, 0.4) is 0 Å². The molecule has 4 nitrogen and oxygen atoms in total. The number of hydrogen-bond donors (Lipinski definition) is 1. The summed E-state index contributed by atoms with van der Waals surface area (Å²) < 4.78 is 25.2. The van der Waals surface area contributed by atoms with Crippen molar-refractivity contribution in [3.05, 3.63) is 23.0 Å². The van der Waals surface area contributed by atoms with Crippen molar-refractivity contribution in [2.45, 2.75) is 6.92 Å². The molecule has 0 unspecified atom stereocenters. The van der Waals surface area contributed by atoms with Crippen LogP contribution in [0.4, 0.5) is 0 Å². The summed E-state index contributed by atoms with van der Waals surface area (Å²) in [5.74, 6) is -0.583. The molecule has 56 valence electrons. The molecule has 1 N–H and O–H groups in total. The van der Waals surface area contributed by atoms with Gasteiger partial charge in [-0.3, -0.25) is 0 Å². The van der Waals surface area contributed by atoms with Gasteiger partial charge in [0.2, 0.25) is 0 Å². The van der Waals surface area contributed by atoms with Crippen LogP contribution in [0.25, 0.3) is 0 Å². The zero-order chi connectivity index (χ0) is 7.78. The van der Waals surface area contributed by atoms with E-state index in [9.17, 15) is 8.42 Å². The van der Waals surface area contributed by atoms with Gasteiger partial charge in [0, 0.05) is 6.08 Å². The first kappa shape index (κ1) is 7.14. The predicted molar refractivity (Wildman–Crippen MR) is 34.5 cm³/mol. The van der Waals surface area contributed by atoms with E-state index in [0.717, 1.165) is 5.41 Å². The van der Waals surface area contributed by atoms with Gasteiger partial charge in [-0.1, -0.05) is 0 Å². The minimum atomic E-state index is -3.66. The van der Waals surface area contributed by atoms with Crippen molar-refractivity contribution >= 4 is 10.1 Å². The summed E-state index contributed by atoms with van der Waals surface area (Å²) in [5.41, 5.74) is 0.448. The average molecular weight is 162 g/mol. The molecule has 0 amide bonds. The van der Waals surface area contributed by atoms with Gasteiger partial charge < -0.3 is 9.29 Å². The average Bonchev–Trinajstić information content (AvgIpc) is 1.54. The molecule has 1 heterocycles. The van der Waals surface area contributed by atoms with Gasteiger partial charge in [0.25, 0.3) is 5.95 Å². The Kier molecular flexibility index (Phi) is 1.44. The van der Waals surface area contributed by atoms with Gasteiger partial charge in [-0.05, 0) is 12.5 Å². The summed E-state index contributed by atoms with van der Waals surface area (Å²) >= 11 is 0. The summed E-state index contributed by atoms with van der Waals surface area (Å²) in [7, 11) is -3.66. The monoisotopic (exact) mass is 162 g/mol. The molecule has 0 fully saturated rings. The zero-order valence-corrected chi connectivity index (χ0v) is 6.05. The maximum atomic E-state index is 10.6. The molecule has 0 aromatic rings. The highest BCUT2D eigenvalue weighted by molar-refractivity contribution is 7.89. The number of allylic oxidation sites excluding steroid dienone is 2. The van der Waals surface area contributed by atoms with Gasteiger partial charge in [0.05, 0.1) is 5.41 Å². The van der Waals surface area contributed by atoms with Gasteiger partial charge in [0.15, 0.2) is 0 Å². The van der Waals surface area contributed by atoms with E-state index in [0.29, 0.717) is 5.57 Å². The first-order chi connectivity index (χ1) is 4.49. The Morgan fingerprint density at radius 1 is 1.60 bits per heavy atom. The molecule has 0 saturated heterocycles. The third kappa shape index (κ3) is 1.51. The first-order valence-electron chi connectivity index (χ1n) is 2.53. The van der Waals surface area contributed by atoms with E-state index in [-0.39, 0.29) is 0 Å². The fraction of sp³-hybridized carbons (Fsp3) is 0.200. The quantitative estimate of drug-likeness (QED) is 0.531. The molecule has 1 rings (SSSR count). The van der Waals surface area contributed by atoms with E-state index in [1.165, 1.54) is 6.08 Å². The molecule has 1 aliphatic rings. The Morgan fingerprint density at radius 3 is 2.60 bits per heavy atom. The van der Waals surface area contributed by atoms with E-state index in [4.69, 9.17) is 5.11 Å². The third-order valence-corrected chi connectivity index (χ3v) is 1.95. The fourth-order valence-electron chi connectivity index (χ4n) is 0.624. The van der Waals surface area contributed by atoms with Crippen molar-refractivity contribution in [3.63, 3.8) is 0 Å².